The molecule has 0 bridgehead atoms. The lowest BCUT2D eigenvalue weighted by molar-refractivity contribution is -0.144. The number of carboxylic acid groups (broad SMARTS) is 1. The monoisotopic (exact) mass is 741 g/mol. The van der Waals surface area contributed by atoms with Crippen molar-refractivity contribution in [3.63, 3.8) is 0 Å². The minimum absolute atomic E-state index is 0.000956. The zero-order valence-electron chi connectivity index (χ0n) is 31.8. The molecule has 0 unspecified atom stereocenters. The first-order chi connectivity index (χ1) is 25.1. The van der Waals surface area contributed by atoms with Gasteiger partial charge in [-0.1, -0.05) is 77.1 Å². The van der Waals surface area contributed by atoms with Crippen LogP contribution in [0, 0.1) is 5.92 Å². The highest BCUT2D eigenvalue weighted by Crippen LogP contribution is 2.17. The van der Waals surface area contributed by atoms with Gasteiger partial charge in [-0.05, 0) is 68.1 Å². The van der Waals surface area contributed by atoms with Crippen LogP contribution in [0.2, 0.25) is 0 Å². The SMILES string of the molecule is CCCCCCC[C@H](NC)[C@H](O)C(=O)N[C@@H](C)C(=O)N(C)[C@@H](CC(C)C)C(=O)N[C@@H](Cc1ccc(O)cc1)C(=O)N[C@@H](Cc1ccc(O)cc1)C(=O)O. The van der Waals surface area contributed by atoms with Gasteiger partial charge in [-0.3, -0.25) is 19.2 Å². The third-order valence-corrected chi connectivity index (χ3v) is 9.18. The summed E-state index contributed by atoms with van der Waals surface area (Å²) in [5, 5.41) is 50.9. The van der Waals surface area contributed by atoms with Crippen LogP contribution in [0.4, 0.5) is 0 Å². The van der Waals surface area contributed by atoms with Gasteiger partial charge >= 0.3 is 5.97 Å². The maximum atomic E-state index is 14.0. The molecule has 0 saturated carbocycles. The van der Waals surface area contributed by atoms with E-state index in [2.05, 4.69) is 28.2 Å². The van der Waals surface area contributed by atoms with Crippen LogP contribution in [-0.2, 0) is 36.8 Å². The lowest BCUT2D eigenvalue weighted by Gasteiger charge is -2.32. The summed E-state index contributed by atoms with van der Waals surface area (Å²) >= 11 is 0. The second-order valence-corrected chi connectivity index (χ2v) is 14.1. The summed E-state index contributed by atoms with van der Waals surface area (Å²) in [5.41, 5.74) is 1.11. The van der Waals surface area contributed by atoms with Gasteiger partial charge in [0.15, 0.2) is 0 Å². The fourth-order valence-electron chi connectivity index (χ4n) is 6.00. The molecule has 0 fully saturated rings. The lowest BCUT2D eigenvalue weighted by atomic mass is 9.99. The van der Waals surface area contributed by atoms with Crippen LogP contribution < -0.4 is 21.3 Å². The van der Waals surface area contributed by atoms with Gasteiger partial charge in [0.05, 0.1) is 0 Å². The van der Waals surface area contributed by atoms with Crippen LogP contribution in [0.5, 0.6) is 11.5 Å². The number of phenolic OH excluding ortho intramolecular Hbond substituents is 2. The van der Waals surface area contributed by atoms with E-state index in [1.807, 2.05) is 13.8 Å². The average molecular weight is 742 g/mol. The second kappa shape index (κ2) is 22.4. The number of aliphatic hydroxyl groups excluding tert-OH is 1. The molecule has 0 spiro atoms. The summed E-state index contributed by atoms with van der Waals surface area (Å²) in [5.74, 6) is -4.15. The third kappa shape index (κ3) is 15.1. The molecule has 4 amide bonds. The Morgan fingerprint density at radius 2 is 1.23 bits per heavy atom. The van der Waals surface area contributed by atoms with E-state index in [9.17, 15) is 44.4 Å². The summed E-state index contributed by atoms with van der Waals surface area (Å²) < 4.78 is 0. The number of carbonyl (C=O) groups excluding carboxylic acids is 4. The largest absolute Gasteiger partial charge is 0.508 e. The van der Waals surface area contributed by atoms with Crippen LogP contribution in [0.25, 0.3) is 0 Å². The van der Waals surface area contributed by atoms with E-state index in [-0.39, 0.29) is 36.7 Å². The van der Waals surface area contributed by atoms with E-state index in [0.29, 0.717) is 17.5 Å². The molecule has 53 heavy (non-hydrogen) atoms. The molecule has 0 aliphatic rings. The molecule has 14 nitrogen and oxygen atoms in total. The highest BCUT2D eigenvalue weighted by atomic mass is 16.4. The van der Waals surface area contributed by atoms with Crippen molar-refractivity contribution in [2.24, 2.45) is 5.92 Å². The van der Waals surface area contributed by atoms with E-state index in [1.165, 1.54) is 55.3 Å². The van der Waals surface area contributed by atoms with E-state index in [4.69, 9.17) is 0 Å². The van der Waals surface area contributed by atoms with Crippen molar-refractivity contribution < 1.29 is 44.4 Å². The summed E-state index contributed by atoms with van der Waals surface area (Å²) in [4.78, 5) is 67.7. The molecule has 0 aromatic heterocycles. The molecule has 8 N–H and O–H groups in total. The number of amides is 4. The van der Waals surface area contributed by atoms with Gasteiger partial charge in [-0.15, -0.1) is 0 Å². The zero-order valence-corrected chi connectivity index (χ0v) is 31.8. The molecule has 2 rings (SSSR count). The number of carboxylic acids is 1. The van der Waals surface area contributed by atoms with E-state index >= 15 is 0 Å². The summed E-state index contributed by atoms with van der Waals surface area (Å²) in [6.07, 6.45) is 4.33. The predicted octanol–water partition coefficient (Wildman–Crippen LogP) is 2.62. The Bertz CT molecular complexity index is 1470. The van der Waals surface area contributed by atoms with Gasteiger partial charge in [-0.25, -0.2) is 4.79 Å². The molecule has 0 aliphatic carbocycles. The third-order valence-electron chi connectivity index (χ3n) is 9.18. The summed E-state index contributed by atoms with van der Waals surface area (Å²) in [6.45, 7) is 7.32. The number of nitrogens with one attached hydrogen (secondary N) is 4. The standard InChI is InChI=1S/C39H59N5O9/c1-7-8-9-10-11-12-30(40-5)34(47)37(50)41-25(4)38(51)44(6)33(21-24(2)3)36(49)42-31(22-26-13-17-28(45)18-14-26)35(48)43-32(39(52)53)23-27-15-19-29(46)20-16-27/h13-20,24-25,30-34,40,45-47H,7-12,21-23H2,1-6H3,(H,41,50)(H,42,49)(H,43,48)(H,52,53)/t25-,30-,31-,32-,33-,34-/m0/s1. The molecule has 294 valence electrons. The molecule has 0 saturated heterocycles. The van der Waals surface area contributed by atoms with Crippen LogP contribution in [0.15, 0.2) is 48.5 Å². The van der Waals surface area contributed by atoms with Crippen LogP contribution in [-0.4, -0.2) is 105 Å². The van der Waals surface area contributed by atoms with Crippen LogP contribution >= 0.6 is 0 Å². The Kier molecular flexibility index (Phi) is 18.8. The number of hydrogen-bond acceptors (Lipinski definition) is 9. The predicted molar refractivity (Wildman–Crippen MR) is 201 cm³/mol. The minimum Gasteiger partial charge on any atom is -0.508 e. The van der Waals surface area contributed by atoms with Crippen molar-refractivity contribution >= 4 is 29.6 Å². The Balaban J connectivity index is 2.24. The normalized spacial score (nSPS) is 14.6. The molecule has 0 aliphatic heterocycles. The van der Waals surface area contributed by atoms with Crippen LogP contribution in [0.1, 0.15) is 83.8 Å². The number of benzene rings is 2. The minimum atomic E-state index is -1.40. The number of likely N-dealkylation sites (N-methyl/N-ethyl adjacent to an activating group) is 2. The number of aromatic hydroxyl groups is 2. The van der Waals surface area contributed by atoms with Crippen molar-refractivity contribution in [1.29, 1.82) is 0 Å². The van der Waals surface area contributed by atoms with Gasteiger partial charge < -0.3 is 46.6 Å². The van der Waals surface area contributed by atoms with Crippen molar-refractivity contribution in [3.05, 3.63) is 59.7 Å². The number of hydrogen-bond donors (Lipinski definition) is 8. The van der Waals surface area contributed by atoms with Crippen LogP contribution in [0.3, 0.4) is 0 Å². The number of nitrogens with zero attached hydrogens (tertiary/aromatic N) is 1. The topological polar surface area (TPSA) is 218 Å². The summed E-state index contributed by atoms with van der Waals surface area (Å²) in [7, 11) is 3.09. The molecule has 2 aromatic rings. The molecular weight excluding hydrogens is 682 g/mol. The molecule has 14 heteroatoms. The van der Waals surface area contributed by atoms with Crippen molar-refractivity contribution in [3.8, 4) is 11.5 Å². The molecule has 2 aromatic carbocycles. The van der Waals surface area contributed by atoms with E-state index < -0.39 is 65.9 Å². The number of rotatable bonds is 23. The Labute approximate surface area is 312 Å². The maximum absolute atomic E-state index is 14.0. The second-order valence-electron chi connectivity index (χ2n) is 14.1. The Morgan fingerprint density at radius 3 is 1.72 bits per heavy atom. The fourth-order valence-corrected chi connectivity index (χ4v) is 6.00. The number of phenols is 2. The number of aliphatic hydroxyl groups is 1. The molecule has 0 heterocycles. The summed E-state index contributed by atoms with van der Waals surface area (Å²) in [6, 6.07) is 6.52. The lowest BCUT2D eigenvalue weighted by Crippen LogP contribution is -2.59. The molecule has 0 radical (unpaired) electrons. The first kappa shape index (κ1) is 44.5. The smallest absolute Gasteiger partial charge is 0.326 e. The quantitative estimate of drug-likeness (QED) is 0.0779. The van der Waals surface area contributed by atoms with Crippen molar-refractivity contribution in [2.45, 2.75) is 122 Å². The maximum Gasteiger partial charge on any atom is 0.326 e. The van der Waals surface area contributed by atoms with Gasteiger partial charge in [0.2, 0.25) is 17.7 Å². The van der Waals surface area contributed by atoms with Gasteiger partial charge in [0.25, 0.3) is 5.91 Å². The first-order valence-corrected chi connectivity index (χ1v) is 18.4. The van der Waals surface area contributed by atoms with Gasteiger partial charge in [0, 0.05) is 25.9 Å². The molecular formula is C39H59N5O9. The van der Waals surface area contributed by atoms with E-state index in [0.717, 1.165) is 32.1 Å². The number of carbonyl (C=O) groups is 5. The van der Waals surface area contributed by atoms with Crippen molar-refractivity contribution in [2.75, 3.05) is 14.1 Å². The number of unbranched alkanes of at least 4 members (excludes halogenated alkanes) is 4. The highest BCUT2D eigenvalue weighted by Gasteiger charge is 2.35. The highest BCUT2D eigenvalue weighted by molar-refractivity contribution is 5.95. The van der Waals surface area contributed by atoms with E-state index in [1.54, 1.807) is 19.2 Å². The fraction of sp³-hybridized carbons (Fsp3) is 0.564. The van der Waals surface area contributed by atoms with Gasteiger partial charge in [-0.2, -0.15) is 0 Å². The first-order valence-electron chi connectivity index (χ1n) is 18.4. The van der Waals surface area contributed by atoms with Gasteiger partial charge in [0.1, 0.15) is 41.8 Å². The average Bonchev–Trinajstić information content (AvgIpc) is 3.12. The Hall–Kier alpha value is -4.69. The number of aliphatic carboxylic acids is 1. The zero-order chi connectivity index (χ0) is 39.7. The molecule has 6 atom stereocenters. The van der Waals surface area contributed by atoms with Crippen molar-refractivity contribution in [1.82, 2.24) is 26.2 Å². The Morgan fingerprint density at radius 1 is 0.717 bits per heavy atom.